The van der Waals surface area contributed by atoms with Crippen molar-refractivity contribution >= 4 is 58.5 Å². The molecule has 0 aliphatic carbocycles. The lowest BCUT2D eigenvalue weighted by Gasteiger charge is -2.26. The smallest absolute Gasteiger partial charge is 0.335 e. The van der Waals surface area contributed by atoms with Crippen molar-refractivity contribution in [3.8, 4) is 11.5 Å². The van der Waals surface area contributed by atoms with Crippen LogP contribution in [0, 0.1) is 10.1 Å². The van der Waals surface area contributed by atoms with Gasteiger partial charge < -0.3 is 9.47 Å². The summed E-state index contributed by atoms with van der Waals surface area (Å²) < 4.78 is 11.2. The molecule has 188 valence electrons. The van der Waals surface area contributed by atoms with E-state index in [2.05, 4.69) is 5.32 Å². The van der Waals surface area contributed by atoms with E-state index in [4.69, 9.17) is 32.7 Å². The van der Waals surface area contributed by atoms with Crippen LogP contribution in [0.2, 0.25) is 10.0 Å². The maximum Gasteiger partial charge on any atom is 0.335 e. The molecule has 0 saturated carbocycles. The number of carbonyl (C=O) groups excluding carboxylic acids is 3. The Morgan fingerprint density at radius 3 is 2.49 bits per heavy atom. The zero-order chi connectivity index (χ0) is 26.7. The number of hydrogen-bond donors (Lipinski definition) is 1. The molecule has 0 aromatic heterocycles. The number of halogens is 2. The van der Waals surface area contributed by atoms with Crippen LogP contribution in [0.3, 0.4) is 0 Å². The normalized spacial score (nSPS) is 14.5. The number of amides is 4. The second kappa shape index (κ2) is 10.7. The molecule has 0 atom stereocenters. The molecular weight excluding hydrogens is 525 g/mol. The SMILES string of the molecule is COc1cc(/C=C2\C(=O)NC(=O)N(c3cccc([N+](=O)[O-])c3)C2=O)ccc1OCc1ccc(Cl)c(Cl)c1. The van der Waals surface area contributed by atoms with Crippen LogP contribution < -0.4 is 19.7 Å². The quantitative estimate of drug-likeness (QED) is 0.189. The number of nitro benzene ring substituents is 1. The zero-order valence-electron chi connectivity index (χ0n) is 19.1. The van der Waals surface area contributed by atoms with Crippen molar-refractivity contribution in [1.29, 1.82) is 0 Å². The first-order valence-electron chi connectivity index (χ1n) is 10.6. The van der Waals surface area contributed by atoms with Crippen LogP contribution in [0.25, 0.3) is 6.08 Å². The number of urea groups is 1. The number of non-ortho nitro benzene ring substituents is 1. The second-order valence-corrected chi connectivity index (χ2v) is 8.50. The Bertz CT molecular complexity index is 1470. The summed E-state index contributed by atoms with van der Waals surface area (Å²) in [6.07, 6.45) is 1.28. The van der Waals surface area contributed by atoms with Gasteiger partial charge in [-0.25, -0.2) is 9.69 Å². The summed E-state index contributed by atoms with van der Waals surface area (Å²) in [5.74, 6) is -1.13. The molecule has 10 nitrogen and oxygen atoms in total. The molecule has 37 heavy (non-hydrogen) atoms. The average molecular weight is 542 g/mol. The molecule has 1 aliphatic rings. The molecule has 0 bridgehead atoms. The van der Waals surface area contributed by atoms with Gasteiger partial charge in [0, 0.05) is 12.1 Å². The Labute approximate surface area is 220 Å². The third kappa shape index (κ3) is 5.55. The van der Waals surface area contributed by atoms with Crippen molar-refractivity contribution < 1.29 is 28.8 Å². The van der Waals surface area contributed by atoms with E-state index in [1.165, 1.54) is 31.4 Å². The molecule has 4 rings (SSSR count). The number of barbiturate groups is 1. The Kier molecular flexibility index (Phi) is 7.42. The van der Waals surface area contributed by atoms with Crippen LogP contribution in [-0.4, -0.2) is 29.9 Å². The minimum absolute atomic E-state index is 0.0567. The van der Waals surface area contributed by atoms with Crippen molar-refractivity contribution in [2.75, 3.05) is 12.0 Å². The highest BCUT2D eigenvalue weighted by molar-refractivity contribution is 6.42. The Morgan fingerprint density at radius 1 is 1.00 bits per heavy atom. The Balaban J connectivity index is 1.60. The van der Waals surface area contributed by atoms with Crippen LogP contribution in [-0.2, 0) is 16.2 Å². The largest absolute Gasteiger partial charge is 0.493 e. The number of imide groups is 2. The summed E-state index contributed by atoms with van der Waals surface area (Å²) in [4.78, 5) is 49.1. The van der Waals surface area contributed by atoms with Gasteiger partial charge >= 0.3 is 6.03 Å². The number of benzene rings is 3. The highest BCUT2D eigenvalue weighted by Gasteiger charge is 2.37. The van der Waals surface area contributed by atoms with Gasteiger partial charge in [0.05, 0.1) is 27.8 Å². The Morgan fingerprint density at radius 2 is 1.78 bits per heavy atom. The molecule has 0 radical (unpaired) electrons. The number of nitrogens with zero attached hydrogens (tertiary/aromatic N) is 2. The van der Waals surface area contributed by atoms with Crippen molar-refractivity contribution in [1.82, 2.24) is 5.32 Å². The van der Waals surface area contributed by atoms with E-state index >= 15 is 0 Å². The van der Waals surface area contributed by atoms with Crippen LogP contribution in [0.15, 0.2) is 66.2 Å². The van der Waals surface area contributed by atoms with E-state index in [1.807, 2.05) is 0 Å². The average Bonchev–Trinajstić information content (AvgIpc) is 2.87. The maximum atomic E-state index is 13.1. The van der Waals surface area contributed by atoms with E-state index in [1.54, 1.807) is 36.4 Å². The van der Waals surface area contributed by atoms with Crippen molar-refractivity contribution in [3.05, 3.63) is 97.5 Å². The highest BCUT2D eigenvalue weighted by Crippen LogP contribution is 2.31. The number of anilines is 1. The molecule has 1 heterocycles. The van der Waals surface area contributed by atoms with Gasteiger partial charge in [-0.3, -0.25) is 25.0 Å². The molecule has 0 unspecified atom stereocenters. The van der Waals surface area contributed by atoms with Crippen LogP contribution in [0.1, 0.15) is 11.1 Å². The van der Waals surface area contributed by atoms with E-state index in [0.717, 1.165) is 11.6 Å². The van der Waals surface area contributed by atoms with Crippen molar-refractivity contribution in [2.45, 2.75) is 6.61 Å². The van der Waals surface area contributed by atoms with Gasteiger partial charge in [0.15, 0.2) is 11.5 Å². The standard InChI is InChI=1S/C25H17Cl2N3O7/c1-36-22-11-14(6-8-21(22)37-13-15-5-7-19(26)20(27)10-15)9-18-23(31)28-25(33)29(24(18)32)16-3-2-4-17(12-16)30(34)35/h2-12H,13H2,1H3,(H,28,31,33)/b18-9+. The maximum absolute atomic E-state index is 13.1. The van der Waals surface area contributed by atoms with E-state index in [9.17, 15) is 24.5 Å². The lowest BCUT2D eigenvalue weighted by molar-refractivity contribution is -0.384. The lowest BCUT2D eigenvalue weighted by Crippen LogP contribution is -2.54. The van der Waals surface area contributed by atoms with Crippen molar-refractivity contribution in [2.24, 2.45) is 0 Å². The van der Waals surface area contributed by atoms with E-state index in [-0.39, 0.29) is 23.6 Å². The molecule has 4 amide bonds. The van der Waals surface area contributed by atoms with E-state index in [0.29, 0.717) is 32.0 Å². The van der Waals surface area contributed by atoms with Crippen LogP contribution in [0.4, 0.5) is 16.2 Å². The number of rotatable bonds is 7. The fourth-order valence-corrected chi connectivity index (χ4v) is 3.81. The number of ether oxygens (including phenoxy) is 2. The van der Waals surface area contributed by atoms with E-state index < -0.39 is 22.8 Å². The molecule has 1 aliphatic heterocycles. The lowest BCUT2D eigenvalue weighted by atomic mass is 10.1. The van der Waals surface area contributed by atoms with Crippen LogP contribution in [0.5, 0.6) is 11.5 Å². The Hall–Kier alpha value is -4.41. The third-order valence-corrected chi connectivity index (χ3v) is 6.02. The first-order valence-corrected chi connectivity index (χ1v) is 11.3. The minimum atomic E-state index is -1.02. The monoisotopic (exact) mass is 541 g/mol. The molecule has 1 N–H and O–H groups in total. The fourth-order valence-electron chi connectivity index (χ4n) is 3.49. The molecule has 3 aromatic carbocycles. The van der Waals surface area contributed by atoms with Gasteiger partial charge in [-0.05, 0) is 47.5 Å². The minimum Gasteiger partial charge on any atom is -0.493 e. The van der Waals surface area contributed by atoms with Gasteiger partial charge in [0.25, 0.3) is 17.5 Å². The number of carbonyl (C=O) groups is 3. The summed E-state index contributed by atoms with van der Waals surface area (Å²) in [5, 5.41) is 14.0. The molecule has 1 saturated heterocycles. The number of hydrogen-bond acceptors (Lipinski definition) is 7. The van der Waals surface area contributed by atoms with Gasteiger partial charge in [-0.1, -0.05) is 41.4 Å². The third-order valence-electron chi connectivity index (χ3n) is 5.28. The summed E-state index contributed by atoms with van der Waals surface area (Å²) in [5.41, 5.74) is 0.460. The summed E-state index contributed by atoms with van der Waals surface area (Å²) >= 11 is 12.0. The highest BCUT2D eigenvalue weighted by atomic mass is 35.5. The predicted octanol–water partition coefficient (Wildman–Crippen LogP) is 5.16. The summed E-state index contributed by atoms with van der Waals surface area (Å²) in [7, 11) is 1.43. The molecular formula is C25H17Cl2N3O7. The van der Waals surface area contributed by atoms with Gasteiger partial charge in [0.1, 0.15) is 12.2 Å². The molecule has 1 fully saturated rings. The first-order chi connectivity index (χ1) is 17.7. The van der Waals surface area contributed by atoms with Gasteiger partial charge in [0.2, 0.25) is 0 Å². The molecule has 3 aromatic rings. The summed E-state index contributed by atoms with van der Waals surface area (Å²) in [6, 6.07) is 13.8. The first kappa shape index (κ1) is 25.7. The predicted molar refractivity (Wildman–Crippen MR) is 136 cm³/mol. The number of nitro groups is 1. The fraction of sp³-hybridized carbons (Fsp3) is 0.0800. The summed E-state index contributed by atoms with van der Waals surface area (Å²) in [6.45, 7) is 0.175. The zero-order valence-corrected chi connectivity index (χ0v) is 20.6. The van der Waals surface area contributed by atoms with Gasteiger partial charge in [-0.2, -0.15) is 0 Å². The topological polar surface area (TPSA) is 128 Å². The molecule has 12 heteroatoms. The van der Waals surface area contributed by atoms with Gasteiger partial charge in [-0.15, -0.1) is 0 Å². The van der Waals surface area contributed by atoms with Crippen LogP contribution >= 0.6 is 23.2 Å². The molecule has 0 spiro atoms. The second-order valence-electron chi connectivity index (χ2n) is 7.68. The van der Waals surface area contributed by atoms with Crippen molar-refractivity contribution in [3.63, 3.8) is 0 Å². The number of methoxy groups -OCH3 is 1. The number of nitrogens with one attached hydrogen (secondary N) is 1.